The molecule has 1 aliphatic heterocycles. The predicted octanol–water partition coefficient (Wildman–Crippen LogP) is 0.416. The van der Waals surface area contributed by atoms with Crippen LogP contribution in [0.1, 0.15) is 27.2 Å². The Kier molecular flexibility index (Phi) is 3.98. The third kappa shape index (κ3) is 3.59. The van der Waals surface area contributed by atoms with Crippen LogP contribution in [-0.2, 0) is 14.3 Å². The van der Waals surface area contributed by atoms with Gasteiger partial charge in [-0.2, -0.15) is 0 Å². The summed E-state index contributed by atoms with van der Waals surface area (Å²) in [6.45, 7) is 6.32. The lowest BCUT2D eigenvalue weighted by atomic mass is 9.99. The molecule has 0 radical (unpaired) electrons. The van der Waals surface area contributed by atoms with Crippen molar-refractivity contribution in [3.05, 3.63) is 0 Å². The van der Waals surface area contributed by atoms with Gasteiger partial charge >= 0.3 is 12.1 Å². The van der Waals surface area contributed by atoms with Crippen LogP contribution in [0.3, 0.4) is 0 Å². The SMILES string of the molecule is COC(=O)[C@@]1(NC(=O)OC(C)(C)C)CCNC1. The molecule has 6 heteroatoms. The van der Waals surface area contributed by atoms with Crippen molar-refractivity contribution < 1.29 is 19.1 Å². The summed E-state index contributed by atoms with van der Waals surface area (Å²) >= 11 is 0. The standard InChI is InChI=1S/C11H20N2O4/c1-10(2,3)17-9(15)13-11(8(14)16-4)5-6-12-7-11/h12H,5-7H2,1-4H3,(H,13,15)/t11-/m1/s1. The maximum Gasteiger partial charge on any atom is 0.408 e. The molecule has 1 amide bonds. The molecule has 1 heterocycles. The van der Waals surface area contributed by atoms with Gasteiger partial charge in [-0.15, -0.1) is 0 Å². The van der Waals surface area contributed by atoms with Crippen molar-refractivity contribution in [2.24, 2.45) is 0 Å². The molecule has 98 valence electrons. The van der Waals surface area contributed by atoms with E-state index in [2.05, 4.69) is 10.6 Å². The molecule has 2 N–H and O–H groups in total. The number of hydrogen-bond acceptors (Lipinski definition) is 5. The van der Waals surface area contributed by atoms with Crippen LogP contribution in [0.4, 0.5) is 4.79 Å². The van der Waals surface area contributed by atoms with Gasteiger partial charge in [0.1, 0.15) is 5.60 Å². The first kappa shape index (κ1) is 13.8. The highest BCUT2D eigenvalue weighted by atomic mass is 16.6. The summed E-state index contributed by atoms with van der Waals surface area (Å²) in [5.41, 5.74) is -1.59. The van der Waals surface area contributed by atoms with Gasteiger partial charge in [-0.05, 0) is 33.7 Å². The zero-order chi connectivity index (χ0) is 13.1. The van der Waals surface area contributed by atoms with Crippen molar-refractivity contribution in [3.8, 4) is 0 Å². The summed E-state index contributed by atoms with van der Waals surface area (Å²) in [5, 5.41) is 5.63. The average Bonchev–Trinajstić information content (AvgIpc) is 2.63. The highest BCUT2D eigenvalue weighted by molar-refractivity contribution is 5.86. The lowest BCUT2D eigenvalue weighted by Gasteiger charge is -2.28. The van der Waals surface area contributed by atoms with Gasteiger partial charge < -0.3 is 20.1 Å². The van der Waals surface area contributed by atoms with Crippen molar-refractivity contribution in [2.45, 2.75) is 38.3 Å². The molecule has 1 rings (SSSR count). The molecule has 0 saturated carbocycles. The number of amides is 1. The first-order valence-corrected chi connectivity index (χ1v) is 5.59. The topological polar surface area (TPSA) is 76.7 Å². The van der Waals surface area contributed by atoms with E-state index in [1.54, 1.807) is 20.8 Å². The molecule has 17 heavy (non-hydrogen) atoms. The molecule has 1 aliphatic rings. The monoisotopic (exact) mass is 244 g/mol. The third-order valence-corrected chi connectivity index (χ3v) is 2.47. The smallest absolute Gasteiger partial charge is 0.408 e. The molecule has 1 saturated heterocycles. The van der Waals surface area contributed by atoms with E-state index in [0.717, 1.165) is 0 Å². The van der Waals surface area contributed by atoms with Crippen LogP contribution in [0.2, 0.25) is 0 Å². The summed E-state index contributed by atoms with van der Waals surface area (Å²) in [5.74, 6) is -0.451. The number of carbonyl (C=O) groups is 2. The zero-order valence-corrected chi connectivity index (χ0v) is 10.8. The van der Waals surface area contributed by atoms with E-state index in [1.807, 2.05) is 0 Å². The van der Waals surface area contributed by atoms with Crippen LogP contribution in [0, 0.1) is 0 Å². The van der Waals surface area contributed by atoms with Crippen LogP contribution in [-0.4, -0.2) is 43.4 Å². The van der Waals surface area contributed by atoms with Gasteiger partial charge in [-0.25, -0.2) is 9.59 Å². The Balaban J connectivity index is 2.68. The lowest BCUT2D eigenvalue weighted by molar-refractivity contribution is -0.147. The number of ether oxygens (including phenoxy) is 2. The van der Waals surface area contributed by atoms with Gasteiger partial charge in [0.25, 0.3) is 0 Å². The molecule has 0 aromatic rings. The summed E-state index contributed by atoms with van der Waals surface area (Å²) in [6, 6.07) is 0. The molecule has 0 aromatic carbocycles. The number of methoxy groups -OCH3 is 1. The first-order chi connectivity index (χ1) is 7.79. The molecule has 0 bridgehead atoms. The van der Waals surface area contributed by atoms with E-state index in [-0.39, 0.29) is 0 Å². The van der Waals surface area contributed by atoms with E-state index in [9.17, 15) is 9.59 Å². The Hall–Kier alpha value is -1.30. The van der Waals surface area contributed by atoms with E-state index < -0.39 is 23.2 Å². The summed E-state index contributed by atoms with van der Waals surface area (Å²) in [4.78, 5) is 23.4. The maximum absolute atomic E-state index is 11.7. The molecule has 0 aliphatic carbocycles. The van der Waals surface area contributed by atoms with E-state index in [4.69, 9.17) is 9.47 Å². The van der Waals surface area contributed by atoms with Crippen LogP contribution in [0.5, 0.6) is 0 Å². The summed E-state index contributed by atoms with van der Waals surface area (Å²) in [6.07, 6.45) is -0.106. The van der Waals surface area contributed by atoms with Gasteiger partial charge in [0.05, 0.1) is 7.11 Å². The Labute approximate surface area is 101 Å². The zero-order valence-electron chi connectivity index (χ0n) is 10.8. The second kappa shape index (κ2) is 4.91. The van der Waals surface area contributed by atoms with Crippen molar-refractivity contribution in [3.63, 3.8) is 0 Å². The quantitative estimate of drug-likeness (QED) is 0.688. The first-order valence-electron chi connectivity index (χ1n) is 5.59. The summed E-state index contributed by atoms with van der Waals surface area (Å²) < 4.78 is 9.85. The minimum Gasteiger partial charge on any atom is -0.467 e. The molecule has 0 unspecified atom stereocenters. The lowest BCUT2D eigenvalue weighted by Crippen LogP contribution is -2.57. The van der Waals surface area contributed by atoms with Crippen molar-refractivity contribution in [1.82, 2.24) is 10.6 Å². The molecular formula is C11H20N2O4. The van der Waals surface area contributed by atoms with Gasteiger partial charge in [-0.1, -0.05) is 0 Å². The van der Waals surface area contributed by atoms with Gasteiger partial charge in [0.15, 0.2) is 5.54 Å². The van der Waals surface area contributed by atoms with Crippen molar-refractivity contribution in [1.29, 1.82) is 0 Å². The number of hydrogen-bond donors (Lipinski definition) is 2. The maximum atomic E-state index is 11.7. The molecule has 1 atom stereocenters. The predicted molar refractivity (Wildman–Crippen MR) is 61.6 cm³/mol. The van der Waals surface area contributed by atoms with Crippen molar-refractivity contribution >= 4 is 12.1 Å². The van der Waals surface area contributed by atoms with Gasteiger partial charge in [0, 0.05) is 6.54 Å². The van der Waals surface area contributed by atoms with Crippen LogP contribution in [0.25, 0.3) is 0 Å². The van der Waals surface area contributed by atoms with Gasteiger partial charge in [-0.3, -0.25) is 0 Å². The Morgan fingerprint density at radius 2 is 2.00 bits per heavy atom. The Morgan fingerprint density at radius 1 is 1.35 bits per heavy atom. The Bertz CT molecular complexity index is 303. The van der Waals surface area contributed by atoms with Crippen molar-refractivity contribution in [2.75, 3.05) is 20.2 Å². The number of alkyl carbamates (subject to hydrolysis) is 1. The molecule has 1 fully saturated rings. The van der Waals surface area contributed by atoms with Crippen LogP contribution >= 0.6 is 0 Å². The molecule has 0 spiro atoms. The van der Waals surface area contributed by atoms with Crippen LogP contribution < -0.4 is 10.6 Å². The fraction of sp³-hybridized carbons (Fsp3) is 0.818. The summed E-state index contributed by atoms with van der Waals surface area (Å²) in [7, 11) is 1.30. The average molecular weight is 244 g/mol. The van der Waals surface area contributed by atoms with E-state index >= 15 is 0 Å². The number of esters is 1. The molecule has 0 aromatic heterocycles. The Morgan fingerprint density at radius 3 is 2.41 bits per heavy atom. The highest BCUT2D eigenvalue weighted by Gasteiger charge is 2.44. The molecule has 6 nitrogen and oxygen atoms in total. The second-order valence-electron chi connectivity index (χ2n) is 5.13. The fourth-order valence-corrected chi connectivity index (χ4v) is 1.72. The van der Waals surface area contributed by atoms with Crippen LogP contribution in [0.15, 0.2) is 0 Å². The minimum absolute atomic E-state index is 0.360. The molecular weight excluding hydrogens is 224 g/mol. The minimum atomic E-state index is -1.00. The number of carbonyl (C=O) groups excluding carboxylic acids is 2. The normalized spacial score (nSPS) is 24.2. The second-order valence-corrected chi connectivity index (χ2v) is 5.13. The fourth-order valence-electron chi connectivity index (χ4n) is 1.72. The number of rotatable bonds is 2. The number of nitrogens with one attached hydrogen (secondary N) is 2. The highest BCUT2D eigenvalue weighted by Crippen LogP contribution is 2.18. The van der Waals surface area contributed by atoms with E-state index in [1.165, 1.54) is 7.11 Å². The largest absolute Gasteiger partial charge is 0.467 e. The van der Waals surface area contributed by atoms with Gasteiger partial charge in [0.2, 0.25) is 0 Å². The third-order valence-electron chi connectivity index (χ3n) is 2.47. The van der Waals surface area contributed by atoms with E-state index in [0.29, 0.717) is 19.5 Å².